The van der Waals surface area contributed by atoms with E-state index in [9.17, 15) is 4.79 Å². The maximum Gasteiger partial charge on any atom is 0.235 e. The third-order valence-corrected chi connectivity index (χ3v) is 1.17. The van der Waals surface area contributed by atoms with Crippen molar-refractivity contribution in [3.05, 3.63) is 35.9 Å². The van der Waals surface area contributed by atoms with Crippen LogP contribution in [0, 0.1) is 0 Å². The molecule has 2 heteroatoms. The molecule has 10 heavy (non-hydrogen) atoms. The largest absolute Gasteiger partial charge is 0.235 e. The van der Waals surface area contributed by atoms with Crippen LogP contribution in [-0.2, 0) is 11.3 Å². The van der Waals surface area contributed by atoms with Crippen LogP contribution in [0.2, 0.25) is 0 Å². The first-order valence-corrected chi connectivity index (χ1v) is 3.01. The van der Waals surface area contributed by atoms with Crippen molar-refractivity contribution in [1.29, 1.82) is 0 Å². The van der Waals surface area contributed by atoms with E-state index in [1.54, 1.807) is 0 Å². The van der Waals surface area contributed by atoms with Gasteiger partial charge in [-0.3, -0.25) is 0 Å². The zero-order valence-electron chi connectivity index (χ0n) is 5.45. The van der Waals surface area contributed by atoms with Crippen LogP contribution in [0.4, 0.5) is 0 Å². The maximum atomic E-state index is 9.69. The number of isocyanates is 1. The molecule has 1 aromatic carbocycles. The summed E-state index contributed by atoms with van der Waals surface area (Å²) in [5.74, 6) is 0. The van der Waals surface area contributed by atoms with Gasteiger partial charge in [-0.15, -0.1) is 0 Å². The minimum atomic E-state index is 0.435. The molecule has 1 rings (SSSR count). The number of rotatable bonds is 2. The summed E-state index contributed by atoms with van der Waals surface area (Å²) in [6, 6.07) is 9.58. The zero-order chi connectivity index (χ0) is 7.23. The number of benzene rings is 1. The van der Waals surface area contributed by atoms with Gasteiger partial charge in [0.15, 0.2) is 0 Å². The van der Waals surface area contributed by atoms with E-state index >= 15 is 0 Å². The Balaban J connectivity index is 2.67. The summed E-state index contributed by atoms with van der Waals surface area (Å²) >= 11 is 0. The molecule has 0 radical (unpaired) electrons. The summed E-state index contributed by atoms with van der Waals surface area (Å²) in [4.78, 5) is 13.1. The highest BCUT2D eigenvalue weighted by Crippen LogP contribution is 1.98. The van der Waals surface area contributed by atoms with Crippen LogP contribution in [0.15, 0.2) is 35.3 Å². The second kappa shape index (κ2) is 3.59. The van der Waals surface area contributed by atoms with E-state index in [0.717, 1.165) is 5.56 Å². The van der Waals surface area contributed by atoms with Crippen molar-refractivity contribution in [1.82, 2.24) is 0 Å². The predicted molar refractivity (Wildman–Crippen MR) is 38.3 cm³/mol. The van der Waals surface area contributed by atoms with Gasteiger partial charge >= 0.3 is 0 Å². The Hall–Kier alpha value is -1.40. The van der Waals surface area contributed by atoms with Gasteiger partial charge in [-0.1, -0.05) is 30.3 Å². The fraction of sp³-hybridized carbons (Fsp3) is 0.125. The number of aliphatic imine (C=N–C) groups is 1. The standard InChI is InChI=1S/C8H7NO/c10-7-9-6-8-4-2-1-3-5-8/h1-5H,6H2/i7-1. The molecular formula is C8H7NO. The molecule has 50 valence electrons. The van der Waals surface area contributed by atoms with Crippen molar-refractivity contribution >= 4 is 6.08 Å². The normalized spacial score (nSPS) is 8.40. The molecule has 0 bridgehead atoms. The van der Waals surface area contributed by atoms with Crippen molar-refractivity contribution in [2.75, 3.05) is 0 Å². The van der Waals surface area contributed by atoms with Gasteiger partial charge in [0, 0.05) is 0 Å². The third-order valence-electron chi connectivity index (χ3n) is 1.17. The molecule has 0 aliphatic carbocycles. The first-order valence-electron chi connectivity index (χ1n) is 3.01. The first-order chi connectivity index (χ1) is 4.93. The summed E-state index contributed by atoms with van der Waals surface area (Å²) in [5.41, 5.74) is 1.03. The molecule has 0 aliphatic rings. The Morgan fingerprint density at radius 3 is 2.60 bits per heavy atom. The Labute approximate surface area is 59.2 Å². The first kappa shape index (κ1) is 6.72. The van der Waals surface area contributed by atoms with E-state index in [-0.39, 0.29) is 0 Å². The van der Waals surface area contributed by atoms with Crippen LogP contribution in [0.1, 0.15) is 5.56 Å². The van der Waals surface area contributed by atoms with Crippen LogP contribution in [0.3, 0.4) is 0 Å². The summed E-state index contributed by atoms with van der Waals surface area (Å²) in [6.45, 7) is 0.435. The van der Waals surface area contributed by atoms with E-state index < -0.39 is 0 Å². The Morgan fingerprint density at radius 2 is 2.00 bits per heavy atom. The smallest absolute Gasteiger partial charge is 0.211 e. The lowest BCUT2D eigenvalue weighted by molar-refractivity contribution is 0.563. The predicted octanol–water partition coefficient (Wildman–Crippen LogP) is 1.52. The lowest BCUT2D eigenvalue weighted by atomic mass is 10.2. The molecule has 0 saturated heterocycles. The lowest BCUT2D eigenvalue weighted by Crippen LogP contribution is -1.77. The molecule has 0 fully saturated rings. The Kier molecular flexibility index (Phi) is 2.41. The molecule has 0 atom stereocenters. The molecule has 0 saturated carbocycles. The average molecular weight is 132 g/mol. The topological polar surface area (TPSA) is 29.4 Å². The van der Waals surface area contributed by atoms with E-state index in [1.807, 2.05) is 30.3 Å². The van der Waals surface area contributed by atoms with Gasteiger partial charge in [-0.05, 0) is 5.56 Å². The highest BCUT2D eigenvalue weighted by atomic mass is 16.1. The quantitative estimate of drug-likeness (QED) is 0.443. The van der Waals surface area contributed by atoms with Gasteiger partial charge in [0.1, 0.15) is 0 Å². The lowest BCUT2D eigenvalue weighted by Gasteiger charge is -1.89. The van der Waals surface area contributed by atoms with Crippen molar-refractivity contribution in [3.63, 3.8) is 0 Å². The molecule has 1 aromatic rings. The number of nitrogens with zero attached hydrogens (tertiary/aromatic N) is 1. The highest BCUT2D eigenvalue weighted by Gasteiger charge is 1.84. The Bertz CT molecular complexity index is 237. The van der Waals surface area contributed by atoms with E-state index in [2.05, 4.69) is 4.99 Å². The highest BCUT2D eigenvalue weighted by molar-refractivity contribution is 5.33. The van der Waals surface area contributed by atoms with Crippen molar-refractivity contribution < 1.29 is 4.79 Å². The number of hydrogen-bond acceptors (Lipinski definition) is 2. The summed E-state index contributed by atoms with van der Waals surface area (Å²) in [5, 5.41) is 0. The molecule has 0 N–H and O–H groups in total. The second-order valence-corrected chi connectivity index (χ2v) is 1.89. The number of hydrogen-bond donors (Lipinski definition) is 0. The van der Waals surface area contributed by atoms with Gasteiger partial charge in [-0.2, -0.15) is 0 Å². The monoisotopic (exact) mass is 132 g/mol. The number of carbonyl (C=O) groups excluding carboxylic acids is 1. The molecule has 2 nitrogen and oxygen atoms in total. The van der Waals surface area contributed by atoms with Gasteiger partial charge in [0.2, 0.25) is 6.08 Å². The van der Waals surface area contributed by atoms with Crippen LogP contribution in [0.25, 0.3) is 0 Å². The van der Waals surface area contributed by atoms with Crippen LogP contribution >= 0.6 is 0 Å². The van der Waals surface area contributed by atoms with E-state index in [4.69, 9.17) is 0 Å². The van der Waals surface area contributed by atoms with Crippen molar-refractivity contribution in [3.8, 4) is 0 Å². The SMILES string of the molecule is O=[11C]=NCc1ccccc1. The fourth-order valence-corrected chi connectivity index (χ4v) is 0.707. The van der Waals surface area contributed by atoms with Crippen LogP contribution in [0.5, 0.6) is 0 Å². The summed E-state index contributed by atoms with van der Waals surface area (Å²) < 4.78 is 0. The zero-order valence-corrected chi connectivity index (χ0v) is 5.45. The molecule has 0 spiro atoms. The summed E-state index contributed by atoms with van der Waals surface area (Å²) in [7, 11) is 0. The van der Waals surface area contributed by atoms with E-state index in [0.29, 0.717) is 6.54 Å². The molecule has 0 heterocycles. The minimum Gasteiger partial charge on any atom is -0.211 e. The van der Waals surface area contributed by atoms with Gasteiger partial charge in [-0.25, -0.2) is 9.79 Å². The van der Waals surface area contributed by atoms with Gasteiger partial charge in [0.05, 0.1) is 6.54 Å². The molecule has 0 amide bonds. The maximum absolute atomic E-state index is 9.69. The molecule has 0 aromatic heterocycles. The average Bonchev–Trinajstić information content (AvgIpc) is 2.03. The third kappa shape index (κ3) is 1.84. The van der Waals surface area contributed by atoms with Gasteiger partial charge < -0.3 is 0 Å². The Morgan fingerprint density at radius 1 is 1.30 bits per heavy atom. The molecular weight excluding hydrogens is 125 g/mol. The summed E-state index contributed by atoms with van der Waals surface area (Å²) in [6.07, 6.45) is 1.49. The fourth-order valence-electron chi connectivity index (χ4n) is 0.707. The molecule has 0 aliphatic heterocycles. The van der Waals surface area contributed by atoms with Crippen molar-refractivity contribution in [2.45, 2.75) is 6.54 Å². The molecule has 0 unspecified atom stereocenters. The second-order valence-electron chi connectivity index (χ2n) is 1.89. The van der Waals surface area contributed by atoms with Crippen LogP contribution < -0.4 is 0 Å². The van der Waals surface area contributed by atoms with Crippen molar-refractivity contribution in [2.24, 2.45) is 4.99 Å². The van der Waals surface area contributed by atoms with Gasteiger partial charge in [0.25, 0.3) is 0 Å². The van der Waals surface area contributed by atoms with Crippen LogP contribution in [-0.4, -0.2) is 6.08 Å². The minimum absolute atomic E-state index is 0.435. The van der Waals surface area contributed by atoms with E-state index in [1.165, 1.54) is 6.08 Å².